The van der Waals surface area contributed by atoms with E-state index < -0.39 is 0 Å². The molecule has 1 aliphatic carbocycles. The van der Waals surface area contributed by atoms with Crippen LogP contribution in [0.5, 0.6) is 0 Å². The Labute approximate surface area is 361 Å². The van der Waals surface area contributed by atoms with E-state index in [9.17, 15) is 0 Å². The van der Waals surface area contributed by atoms with Crippen molar-refractivity contribution in [1.82, 2.24) is 4.57 Å². The van der Waals surface area contributed by atoms with E-state index in [1.807, 2.05) is 0 Å². The fourth-order valence-corrected chi connectivity index (χ4v) is 10.3. The van der Waals surface area contributed by atoms with Gasteiger partial charge in [0.2, 0.25) is 11.4 Å². The molecule has 0 amide bonds. The lowest BCUT2D eigenvalue weighted by Gasteiger charge is -2.16. The molecular formula is C56H72ClN2+. The van der Waals surface area contributed by atoms with Gasteiger partial charge in [-0.15, -0.1) is 0 Å². The van der Waals surface area contributed by atoms with Gasteiger partial charge in [0, 0.05) is 51.8 Å². The van der Waals surface area contributed by atoms with Gasteiger partial charge < -0.3 is 4.57 Å². The van der Waals surface area contributed by atoms with Crippen molar-refractivity contribution in [1.29, 1.82) is 0 Å². The second-order valence-electron chi connectivity index (χ2n) is 17.7. The quantitative estimate of drug-likeness (QED) is 0.0410. The molecule has 2 nitrogen and oxygen atoms in total. The van der Waals surface area contributed by atoms with E-state index in [0.717, 1.165) is 37.4 Å². The Hall–Kier alpha value is -3.88. The van der Waals surface area contributed by atoms with Crippen LogP contribution in [-0.2, 0) is 6.54 Å². The molecule has 0 radical (unpaired) electrons. The minimum atomic E-state index is 0.940. The molecule has 1 aromatic heterocycles. The molecule has 4 aromatic carbocycles. The number of aryl methyl sites for hydroxylation is 1. The molecule has 5 aromatic rings. The van der Waals surface area contributed by atoms with Crippen molar-refractivity contribution in [2.24, 2.45) is 0 Å². The van der Waals surface area contributed by atoms with Crippen LogP contribution in [0.1, 0.15) is 167 Å². The Morgan fingerprint density at radius 3 is 1.83 bits per heavy atom. The Balaban J connectivity index is 1.08. The summed E-state index contributed by atoms with van der Waals surface area (Å²) in [5.41, 5.74) is 7.92. The van der Waals surface area contributed by atoms with Crippen molar-refractivity contribution in [2.75, 3.05) is 6.54 Å². The van der Waals surface area contributed by atoms with Gasteiger partial charge in [0.25, 0.3) is 0 Å². The van der Waals surface area contributed by atoms with Gasteiger partial charge in [0.15, 0.2) is 0 Å². The molecule has 3 heteroatoms. The van der Waals surface area contributed by atoms with Crippen molar-refractivity contribution >= 4 is 61.5 Å². The first-order valence-electron chi connectivity index (χ1n) is 24.1. The third-order valence-electron chi connectivity index (χ3n) is 13.3. The number of rotatable bonds is 25. The summed E-state index contributed by atoms with van der Waals surface area (Å²) in [6, 6.07) is 27.3. The number of halogens is 1. The predicted octanol–water partition coefficient (Wildman–Crippen LogP) is 16.6. The number of nitrogens with zero attached hydrogens (tertiary/aromatic N) is 2. The molecule has 1 aliphatic heterocycles. The largest absolute Gasteiger partial charge is 0.340 e. The van der Waals surface area contributed by atoms with Gasteiger partial charge in [-0.1, -0.05) is 201 Å². The Bertz CT molecular complexity index is 2300. The van der Waals surface area contributed by atoms with Gasteiger partial charge >= 0.3 is 0 Å². The van der Waals surface area contributed by atoms with Crippen LogP contribution < -0.4 is 5.35 Å². The second kappa shape index (κ2) is 22.6. The van der Waals surface area contributed by atoms with Crippen molar-refractivity contribution < 1.29 is 4.58 Å². The molecule has 0 saturated heterocycles. The zero-order chi connectivity index (χ0) is 40.7. The molecule has 0 unspecified atom stereocenters. The van der Waals surface area contributed by atoms with Crippen molar-refractivity contribution in [3.63, 3.8) is 0 Å². The third-order valence-corrected chi connectivity index (χ3v) is 13.8. The highest BCUT2D eigenvalue weighted by atomic mass is 35.5. The molecule has 0 N–H and O–H groups in total. The number of aromatic nitrogens is 1. The van der Waals surface area contributed by atoms with Gasteiger partial charge in [0.1, 0.15) is 6.54 Å². The normalized spacial score (nSPS) is 15.6. The summed E-state index contributed by atoms with van der Waals surface area (Å²) >= 11 is 7.39. The highest BCUT2D eigenvalue weighted by Crippen LogP contribution is 2.37. The standard InChI is InChI=1S/C56H72ClN2/c1-3-5-7-9-11-13-15-17-19-21-42-58-50(48-34-24-28-44-30-26-36-52(58)54(44)48)40-38-46-32-23-33-47(56(46)57)39-41-51-49-35-25-29-45-31-27-37-53(55(45)49)59(51)43-22-20-18-16-14-12-10-8-6-4-2/h24-31,34-41H,3-23,32-33,42-43H2,1-2H3/q+1. The summed E-state index contributed by atoms with van der Waals surface area (Å²) in [4.78, 5) is 0. The summed E-state index contributed by atoms with van der Waals surface area (Å²) in [5, 5.41) is 9.07. The molecule has 0 spiro atoms. The fourth-order valence-electron chi connectivity index (χ4n) is 9.99. The maximum atomic E-state index is 7.39. The van der Waals surface area contributed by atoms with E-state index >= 15 is 0 Å². The first-order valence-corrected chi connectivity index (χ1v) is 24.5. The summed E-state index contributed by atoms with van der Waals surface area (Å²) in [5.74, 6) is 0. The van der Waals surface area contributed by atoms with Crippen LogP contribution in [0.2, 0.25) is 0 Å². The van der Waals surface area contributed by atoms with Gasteiger partial charge in [0.05, 0.1) is 10.9 Å². The highest BCUT2D eigenvalue weighted by molar-refractivity contribution is 6.32. The van der Waals surface area contributed by atoms with Crippen LogP contribution in [0.25, 0.3) is 38.5 Å². The zero-order valence-electron chi connectivity index (χ0n) is 36.7. The highest BCUT2D eigenvalue weighted by Gasteiger charge is 2.30. The molecule has 0 bridgehead atoms. The molecule has 0 saturated carbocycles. The monoisotopic (exact) mass is 808 g/mol. The molecule has 2 aliphatic rings. The van der Waals surface area contributed by atoms with E-state index in [2.05, 4.69) is 120 Å². The SMILES string of the molecule is CCCCCCCCCCCCn1/c(=C/C=C2/CCCC(/C=C/C3=[N+](CCCCCCCCCCCC)c4cccc5cccc3c45)=C2Cl)c2cccc3cccc1c32. The summed E-state index contributed by atoms with van der Waals surface area (Å²) in [7, 11) is 0. The average Bonchev–Trinajstić information content (AvgIpc) is 3.74. The van der Waals surface area contributed by atoms with Gasteiger partial charge in [-0.25, -0.2) is 0 Å². The van der Waals surface area contributed by atoms with Crippen LogP contribution in [0.3, 0.4) is 0 Å². The minimum Gasteiger partial charge on any atom is -0.340 e. The number of hydrogen-bond donors (Lipinski definition) is 0. The van der Waals surface area contributed by atoms with Crippen LogP contribution in [0.15, 0.2) is 107 Å². The minimum absolute atomic E-state index is 0.940. The third kappa shape index (κ3) is 10.9. The first-order chi connectivity index (χ1) is 29.2. The predicted molar refractivity (Wildman–Crippen MR) is 260 cm³/mol. The number of benzene rings is 4. The van der Waals surface area contributed by atoms with Crippen molar-refractivity contribution in [2.45, 2.75) is 168 Å². The average molecular weight is 809 g/mol. The van der Waals surface area contributed by atoms with Crippen LogP contribution in [0.4, 0.5) is 5.69 Å². The molecule has 59 heavy (non-hydrogen) atoms. The van der Waals surface area contributed by atoms with Crippen molar-refractivity contribution in [3.05, 3.63) is 118 Å². The fraction of sp³-hybridized carbons (Fsp3) is 0.482. The molecule has 0 fully saturated rings. The summed E-state index contributed by atoms with van der Waals surface area (Å²) < 4.78 is 5.19. The number of unbranched alkanes of at least 4 members (excludes halogenated alkanes) is 18. The first kappa shape index (κ1) is 43.2. The summed E-state index contributed by atoms with van der Waals surface area (Å²) in [6.45, 7) is 6.71. The molecule has 0 atom stereocenters. The maximum Gasteiger partial charge on any atom is 0.214 e. The number of hydrogen-bond acceptors (Lipinski definition) is 0. The van der Waals surface area contributed by atoms with E-state index in [-0.39, 0.29) is 0 Å². The van der Waals surface area contributed by atoms with E-state index in [1.165, 1.54) is 194 Å². The topological polar surface area (TPSA) is 7.94 Å². The lowest BCUT2D eigenvalue weighted by Crippen LogP contribution is -2.16. The van der Waals surface area contributed by atoms with E-state index in [0.29, 0.717) is 0 Å². The maximum absolute atomic E-state index is 7.39. The zero-order valence-corrected chi connectivity index (χ0v) is 37.4. The van der Waals surface area contributed by atoms with Crippen LogP contribution in [-0.4, -0.2) is 21.4 Å². The molecule has 312 valence electrons. The Morgan fingerprint density at radius 1 is 0.576 bits per heavy atom. The van der Waals surface area contributed by atoms with E-state index in [1.54, 1.807) is 0 Å². The molecule has 7 rings (SSSR count). The second-order valence-corrected chi connectivity index (χ2v) is 18.1. The summed E-state index contributed by atoms with van der Waals surface area (Å²) in [6.07, 6.45) is 39.7. The Kier molecular flexibility index (Phi) is 16.6. The van der Waals surface area contributed by atoms with Crippen LogP contribution in [0, 0.1) is 0 Å². The Morgan fingerprint density at radius 2 is 1.15 bits per heavy atom. The smallest absolute Gasteiger partial charge is 0.214 e. The van der Waals surface area contributed by atoms with Crippen molar-refractivity contribution in [3.8, 4) is 0 Å². The van der Waals surface area contributed by atoms with Gasteiger partial charge in [-0.3, -0.25) is 0 Å². The van der Waals surface area contributed by atoms with Crippen LogP contribution >= 0.6 is 11.6 Å². The van der Waals surface area contributed by atoms with Gasteiger partial charge in [-0.05, 0) is 72.2 Å². The lowest BCUT2D eigenvalue weighted by molar-refractivity contribution is -0.436. The molecule has 2 heterocycles. The molecular weight excluding hydrogens is 736 g/mol. The lowest BCUT2D eigenvalue weighted by atomic mass is 9.93. The van der Waals surface area contributed by atoms with Gasteiger partial charge in [-0.2, -0.15) is 4.58 Å². The number of allylic oxidation sites excluding steroid dienone is 6. The van der Waals surface area contributed by atoms with E-state index in [4.69, 9.17) is 11.6 Å².